The standard InChI is InChI=1S/C16H23NO5S/c1-4-23(21,22)13-7-5-6-12(9-13)10-15(18)17-14(16(19)20)8-11(2)3/h5-7,9,11,14H,4,8,10H2,1-3H3,(H,17,18)(H,19,20)/t14-/m0/s1. The maximum atomic E-state index is 12.0. The van der Waals surface area contributed by atoms with Crippen molar-refractivity contribution in [3.05, 3.63) is 29.8 Å². The van der Waals surface area contributed by atoms with Crippen molar-refractivity contribution in [2.75, 3.05) is 5.75 Å². The summed E-state index contributed by atoms with van der Waals surface area (Å²) in [5, 5.41) is 11.6. The van der Waals surface area contributed by atoms with Gasteiger partial charge in [-0.05, 0) is 30.0 Å². The molecule has 0 fully saturated rings. The smallest absolute Gasteiger partial charge is 0.326 e. The van der Waals surface area contributed by atoms with E-state index in [9.17, 15) is 18.0 Å². The van der Waals surface area contributed by atoms with Gasteiger partial charge in [0.1, 0.15) is 6.04 Å². The molecule has 1 aromatic rings. The van der Waals surface area contributed by atoms with Crippen LogP contribution in [-0.2, 0) is 25.8 Å². The Bertz CT molecular complexity index is 667. The molecule has 0 bridgehead atoms. The number of carboxylic acids is 1. The molecule has 0 aliphatic rings. The number of rotatable bonds is 8. The third-order valence-corrected chi connectivity index (χ3v) is 5.07. The van der Waals surface area contributed by atoms with Gasteiger partial charge in [0.25, 0.3) is 0 Å². The summed E-state index contributed by atoms with van der Waals surface area (Å²) in [5.74, 6) is -1.40. The van der Waals surface area contributed by atoms with E-state index in [1.54, 1.807) is 19.1 Å². The van der Waals surface area contributed by atoms with E-state index in [-0.39, 0.29) is 23.0 Å². The first-order chi connectivity index (χ1) is 10.7. The summed E-state index contributed by atoms with van der Waals surface area (Å²) < 4.78 is 23.7. The number of nitrogens with one attached hydrogen (secondary N) is 1. The molecule has 1 rings (SSSR count). The molecule has 0 aromatic heterocycles. The summed E-state index contributed by atoms with van der Waals surface area (Å²) >= 11 is 0. The van der Waals surface area contributed by atoms with E-state index >= 15 is 0 Å². The first-order valence-corrected chi connectivity index (χ1v) is 9.14. The average Bonchev–Trinajstić information content (AvgIpc) is 2.46. The second-order valence-corrected chi connectivity index (χ2v) is 8.09. The molecule has 1 amide bonds. The van der Waals surface area contributed by atoms with E-state index in [0.29, 0.717) is 12.0 Å². The lowest BCUT2D eigenvalue weighted by Gasteiger charge is -2.16. The molecular weight excluding hydrogens is 318 g/mol. The topological polar surface area (TPSA) is 101 Å². The molecule has 0 unspecified atom stereocenters. The molecule has 1 atom stereocenters. The zero-order valence-corrected chi connectivity index (χ0v) is 14.4. The number of hydrogen-bond acceptors (Lipinski definition) is 4. The second kappa shape index (κ2) is 8.10. The predicted molar refractivity (Wildman–Crippen MR) is 86.9 cm³/mol. The molecule has 0 aliphatic heterocycles. The van der Waals surface area contributed by atoms with Crippen LogP contribution in [0.4, 0.5) is 0 Å². The van der Waals surface area contributed by atoms with Crippen LogP contribution in [-0.4, -0.2) is 37.2 Å². The Balaban J connectivity index is 2.81. The largest absolute Gasteiger partial charge is 0.480 e. The summed E-state index contributed by atoms with van der Waals surface area (Å²) in [7, 11) is -3.33. The van der Waals surface area contributed by atoms with Crippen LogP contribution >= 0.6 is 0 Å². The van der Waals surface area contributed by atoms with Gasteiger partial charge in [-0.15, -0.1) is 0 Å². The van der Waals surface area contributed by atoms with Gasteiger partial charge in [0.2, 0.25) is 5.91 Å². The molecule has 23 heavy (non-hydrogen) atoms. The number of aliphatic carboxylic acids is 1. The number of carbonyl (C=O) groups is 2. The van der Waals surface area contributed by atoms with E-state index in [4.69, 9.17) is 5.11 Å². The Morgan fingerprint density at radius 3 is 2.43 bits per heavy atom. The maximum Gasteiger partial charge on any atom is 0.326 e. The normalized spacial score (nSPS) is 12.9. The van der Waals surface area contributed by atoms with Gasteiger partial charge in [-0.25, -0.2) is 13.2 Å². The quantitative estimate of drug-likeness (QED) is 0.748. The molecule has 1 aromatic carbocycles. The number of carboxylic acid groups (broad SMARTS) is 1. The molecule has 128 valence electrons. The Labute approximate surface area is 136 Å². The molecule has 0 saturated carbocycles. The molecule has 7 heteroatoms. The van der Waals surface area contributed by atoms with Gasteiger partial charge in [0, 0.05) is 0 Å². The van der Waals surface area contributed by atoms with Gasteiger partial charge < -0.3 is 10.4 Å². The van der Waals surface area contributed by atoms with Crippen LogP contribution in [0, 0.1) is 5.92 Å². The van der Waals surface area contributed by atoms with Crippen LogP contribution in [0.5, 0.6) is 0 Å². The Kier molecular flexibility index (Phi) is 6.75. The maximum absolute atomic E-state index is 12.0. The van der Waals surface area contributed by atoms with Crippen molar-refractivity contribution in [1.29, 1.82) is 0 Å². The fourth-order valence-electron chi connectivity index (χ4n) is 2.14. The summed E-state index contributed by atoms with van der Waals surface area (Å²) in [6.07, 6.45) is 0.278. The highest BCUT2D eigenvalue weighted by Crippen LogP contribution is 2.14. The van der Waals surface area contributed by atoms with Gasteiger partial charge in [0.05, 0.1) is 17.1 Å². The zero-order valence-electron chi connectivity index (χ0n) is 13.6. The first kappa shape index (κ1) is 19.2. The SMILES string of the molecule is CCS(=O)(=O)c1cccc(CC(=O)N[C@@H](CC(C)C)C(=O)O)c1. The molecule has 0 radical (unpaired) electrons. The van der Waals surface area contributed by atoms with Crippen molar-refractivity contribution < 1.29 is 23.1 Å². The molecule has 6 nitrogen and oxygen atoms in total. The highest BCUT2D eigenvalue weighted by atomic mass is 32.2. The first-order valence-electron chi connectivity index (χ1n) is 7.49. The van der Waals surface area contributed by atoms with Crippen LogP contribution in [0.3, 0.4) is 0 Å². The summed E-state index contributed by atoms with van der Waals surface area (Å²) in [5.41, 5.74) is 0.533. The average molecular weight is 341 g/mol. The Hall–Kier alpha value is -1.89. The molecule has 0 saturated heterocycles. The van der Waals surface area contributed by atoms with Gasteiger partial charge in [0.15, 0.2) is 9.84 Å². The molecule has 0 heterocycles. The minimum atomic E-state index is -3.33. The predicted octanol–water partition coefficient (Wildman–Crippen LogP) is 1.64. The van der Waals surface area contributed by atoms with Crippen LogP contribution in [0.1, 0.15) is 32.8 Å². The minimum absolute atomic E-state index is 0.0157. The number of carbonyl (C=O) groups excluding carboxylic acids is 1. The van der Waals surface area contributed by atoms with Crippen molar-refractivity contribution in [3.63, 3.8) is 0 Å². The van der Waals surface area contributed by atoms with Crippen molar-refractivity contribution >= 4 is 21.7 Å². The fourth-order valence-corrected chi connectivity index (χ4v) is 3.09. The summed E-state index contributed by atoms with van der Waals surface area (Å²) in [6, 6.07) is 5.22. The van der Waals surface area contributed by atoms with Gasteiger partial charge in [-0.1, -0.05) is 32.9 Å². The van der Waals surface area contributed by atoms with Gasteiger partial charge in [-0.3, -0.25) is 4.79 Å². The van der Waals surface area contributed by atoms with E-state index < -0.39 is 27.8 Å². The number of amides is 1. The summed E-state index contributed by atoms with van der Waals surface area (Å²) in [6.45, 7) is 5.31. The monoisotopic (exact) mass is 341 g/mol. The second-order valence-electron chi connectivity index (χ2n) is 5.82. The lowest BCUT2D eigenvalue weighted by molar-refractivity contribution is -0.142. The van der Waals surface area contributed by atoms with Crippen molar-refractivity contribution in [1.82, 2.24) is 5.32 Å². The van der Waals surface area contributed by atoms with E-state index in [2.05, 4.69) is 5.32 Å². The molecule has 0 spiro atoms. The number of hydrogen-bond donors (Lipinski definition) is 2. The summed E-state index contributed by atoms with van der Waals surface area (Å²) in [4.78, 5) is 23.3. The van der Waals surface area contributed by atoms with Crippen LogP contribution in [0.25, 0.3) is 0 Å². The Morgan fingerprint density at radius 2 is 1.91 bits per heavy atom. The van der Waals surface area contributed by atoms with Crippen LogP contribution in [0.15, 0.2) is 29.2 Å². The third kappa shape index (κ3) is 6.02. The molecule has 0 aliphatic carbocycles. The molecule has 2 N–H and O–H groups in total. The number of benzene rings is 1. The fraction of sp³-hybridized carbons (Fsp3) is 0.500. The van der Waals surface area contributed by atoms with E-state index in [1.807, 2.05) is 13.8 Å². The number of sulfone groups is 1. The highest BCUT2D eigenvalue weighted by Gasteiger charge is 2.21. The van der Waals surface area contributed by atoms with Crippen LogP contribution in [0.2, 0.25) is 0 Å². The third-order valence-electron chi connectivity index (χ3n) is 3.34. The molecular formula is C16H23NO5S. The van der Waals surface area contributed by atoms with Crippen LogP contribution < -0.4 is 5.32 Å². The highest BCUT2D eigenvalue weighted by molar-refractivity contribution is 7.91. The minimum Gasteiger partial charge on any atom is -0.480 e. The van der Waals surface area contributed by atoms with Crippen molar-refractivity contribution in [2.24, 2.45) is 5.92 Å². The Morgan fingerprint density at radius 1 is 1.26 bits per heavy atom. The van der Waals surface area contributed by atoms with E-state index in [1.165, 1.54) is 12.1 Å². The van der Waals surface area contributed by atoms with Crippen molar-refractivity contribution in [3.8, 4) is 0 Å². The van der Waals surface area contributed by atoms with Gasteiger partial charge >= 0.3 is 5.97 Å². The van der Waals surface area contributed by atoms with Crippen molar-refractivity contribution in [2.45, 2.75) is 44.6 Å². The lowest BCUT2D eigenvalue weighted by Crippen LogP contribution is -2.42. The zero-order chi connectivity index (χ0) is 17.6. The lowest BCUT2D eigenvalue weighted by atomic mass is 10.0. The van der Waals surface area contributed by atoms with Gasteiger partial charge in [-0.2, -0.15) is 0 Å². The van der Waals surface area contributed by atoms with E-state index in [0.717, 1.165) is 0 Å².